The summed E-state index contributed by atoms with van der Waals surface area (Å²) in [6, 6.07) is 7.56. The number of hydrogen-bond acceptors (Lipinski definition) is 7. The molecule has 0 bridgehead atoms. The fourth-order valence-electron chi connectivity index (χ4n) is 4.08. The number of anilines is 1. The number of carbonyl (C=O) groups excluding carboxylic acids is 2. The van der Waals surface area contributed by atoms with Crippen LogP contribution in [0.5, 0.6) is 5.75 Å². The van der Waals surface area contributed by atoms with Crippen molar-refractivity contribution in [2.75, 3.05) is 5.32 Å². The minimum atomic E-state index is -2.87. The number of benzene rings is 1. The van der Waals surface area contributed by atoms with Crippen LogP contribution in [0.3, 0.4) is 0 Å². The molecule has 0 saturated heterocycles. The number of para-hydroxylation sites is 1. The summed E-state index contributed by atoms with van der Waals surface area (Å²) in [7, 11) is 1.69. The number of ether oxygens (including phenoxy) is 1. The lowest BCUT2D eigenvalue weighted by atomic mass is 10.0. The zero-order chi connectivity index (χ0) is 28.7. The maximum atomic E-state index is 13.7. The minimum absolute atomic E-state index is 0.0140. The van der Waals surface area contributed by atoms with Crippen LogP contribution in [-0.2, 0) is 13.8 Å². The van der Waals surface area contributed by atoms with Crippen LogP contribution in [0.1, 0.15) is 38.0 Å². The largest absolute Gasteiger partial charge is 0.468 e. The Bertz CT molecular complexity index is 1760. The molecule has 5 rings (SSSR count). The van der Waals surface area contributed by atoms with E-state index in [0.29, 0.717) is 26.9 Å². The van der Waals surface area contributed by atoms with Crippen LogP contribution in [0.4, 0.5) is 14.5 Å². The van der Waals surface area contributed by atoms with Gasteiger partial charge in [-0.3, -0.25) is 14.3 Å². The molecule has 4 aromatic heterocycles. The van der Waals surface area contributed by atoms with Gasteiger partial charge in [0.15, 0.2) is 18.2 Å². The van der Waals surface area contributed by atoms with Crippen molar-refractivity contribution < 1.29 is 23.1 Å². The van der Waals surface area contributed by atoms with Gasteiger partial charge in [-0.25, -0.2) is 18.4 Å². The Morgan fingerprint density at radius 2 is 1.90 bits per heavy atom. The van der Waals surface area contributed by atoms with Crippen LogP contribution in [-0.4, -0.2) is 36.4 Å². The molecule has 0 aliphatic heterocycles. The third-order valence-corrected chi connectivity index (χ3v) is 7.50. The maximum Gasteiger partial charge on any atom is 0.280 e. The number of halogens is 4. The molecular formula is C25H19Cl2F2N7O3S. The third kappa shape index (κ3) is 5.22. The molecule has 3 N–H and O–H groups in total. The quantitative estimate of drug-likeness (QED) is 0.229. The molecule has 40 heavy (non-hydrogen) atoms. The van der Waals surface area contributed by atoms with E-state index >= 15 is 0 Å². The van der Waals surface area contributed by atoms with E-state index in [2.05, 4.69) is 20.5 Å². The second-order valence-electron chi connectivity index (χ2n) is 8.57. The number of pyridine rings is 1. The first-order valence-corrected chi connectivity index (χ1v) is 13.1. The number of amides is 2. The zero-order valence-corrected chi connectivity index (χ0v) is 23.1. The van der Waals surface area contributed by atoms with E-state index < -0.39 is 23.9 Å². The van der Waals surface area contributed by atoms with E-state index in [4.69, 9.17) is 33.7 Å². The number of primary amides is 1. The molecular weight excluding hydrogens is 587 g/mol. The Morgan fingerprint density at radius 1 is 1.18 bits per heavy atom. The Labute approximate surface area is 239 Å². The molecule has 0 radical (unpaired) electrons. The van der Waals surface area contributed by atoms with Crippen molar-refractivity contribution in [2.24, 2.45) is 12.8 Å². The molecule has 10 nitrogen and oxygen atoms in total. The van der Waals surface area contributed by atoms with Gasteiger partial charge in [0.2, 0.25) is 0 Å². The Balaban J connectivity index is 1.51. The number of thiophene rings is 1. The van der Waals surface area contributed by atoms with Crippen molar-refractivity contribution in [2.45, 2.75) is 20.1 Å². The van der Waals surface area contributed by atoms with E-state index in [9.17, 15) is 18.4 Å². The molecule has 0 aliphatic rings. The van der Waals surface area contributed by atoms with Gasteiger partial charge >= 0.3 is 0 Å². The number of nitrogens with two attached hydrogens (primary N) is 1. The van der Waals surface area contributed by atoms with E-state index in [1.54, 1.807) is 38.4 Å². The van der Waals surface area contributed by atoms with Gasteiger partial charge in [-0.2, -0.15) is 10.2 Å². The normalized spacial score (nSPS) is 11.4. The number of rotatable bonds is 8. The SMILES string of the molecule is Cc1nn(C)cc1-c1cc(C(F)F)nc2sc(C(N)=O)c(NC(=O)c3ccn(COc4c(Cl)cccc4Cl)n3)c12. The van der Waals surface area contributed by atoms with Crippen molar-refractivity contribution in [1.82, 2.24) is 24.5 Å². The second-order valence-corrected chi connectivity index (χ2v) is 10.4. The number of hydrogen-bond donors (Lipinski definition) is 2. The summed E-state index contributed by atoms with van der Waals surface area (Å²) in [6.45, 7) is 1.61. The molecule has 206 valence electrons. The summed E-state index contributed by atoms with van der Waals surface area (Å²) in [6.07, 6.45) is 0.282. The van der Waals surface area contributed by atoms with Gasteiger partial charge in [0.25, 0.3) is 18.2 Å². The van der Waals surface area contributed by atoms with Gasteiger partial charge in [-0.1, -0.05) is 29.3 Å². The number of nitrogens with zero attached hydrogens (tertiary/aromatic N) is 5. The standard InChI is InChI=1S/C25H19Cl2F2N7O3S/c1-11-13(9-35(2)33-11)12-8-17(22(28)29)31-25-18(12)19(21(40-25)23(30)37)32-24(38)16-6-7-36(34-16)10-39-20-14(26)4-3-5-15(20)27/h3-9,22H,10H2,1-2H3,(H2,30,37)(H,32,38). The molecule has 0 saturated carbocycles. The molecule has 0 aliphatic carbocycles. The third-order valence-electron chi connectivity index (χ3n) is 5.80. The maximum absolute atomic E-state index is 13.7. The topological polar surface area (TPSA) is 130 Å². The number of nitrogens with one attached hydrogen (secondary N) is 1. The lowest BCUT2D eigenvalue weighted by Gasteiger charge is -2.10. The number of fused-ring (bicyclic) bond motifs is 1. The Kier molecular flexibility index (Phi) is 7.45. The van der Waals surface area contributed by atoms with Gasteiger partial charge in [-0.05, 0) is 36.8 Å². The first kappa shape index (κ1) is 27.5. The molecule has 0 fully saturated rings. The van der Waals surface area contributed by atoms with E-state index in [1.165, 1.54) is 27.7 Å². The average Bonchev–Trinajstić information content (AvgIpc) is 3.60. The summed E-state index contributed by atoms with van der Waals surface area (Å²) in [5.41, 5.74) is 6.55. The van der Waals surface area contributed by atoms with Crippen molar-refractivity contribution in [1.29, 1.82) is 0 Å². The number of aryl methyl sites for hydroxylation is 2. The summed E-state index contributed by atoms with van der Waals surface area (Å²) >= 11 is 13.0. The Hall–Kier alpha value is -4.07. The Morgan fingerprint density at radius 3 is 2.52 bits per heavy atom. The fraction of sp³-hybridized carbons (Fsp3) is 0.160. The lowest BCUT2D eigenvalue weighted by Crippen LogP contribution is -2.18. The molecule has 1 aromatic carbocycles. The van der Waals surface area contributed by atoms with Crippen LogP contribution in [0, 0.1) is 6.92 Å². The van der Waals surface area contributed by atoms with Crippen molar-refractivity contribution in [3.8, 4) is 16.9 Å². The predicted octanol–water partition coefficient (Wildman–Crippen LogP) is 5.83. The zero-order valence-electron chi connectivity index (χ0n) is 20.8. The van der Waals surface area contributed by atoms with Gasteiger partial charge in [0, 0.05) is 30.4 Å². The number of carbonyl (C=O) groups is 2. The van der Waals surface area contributed by atoms with Gasteiger partial charge < -0.3 is 15.8 Å². The lowest BCUT2D eigenvalue weighted by molar-refractivity contribution is 0.100. The van der Waals surface area contributed by atoms with Crippen molar-refractivity contribution in [3.05, 3.63) is 74.7 Å². The first-order chi connectivity index (χ1) is 19.0. The molecule has 2 amide bonds. The van der Waals surface area contributed by atoms with Crippen LogP contribution in [0.2, 0.25) is 10.0 Å². The first-order valence-electron chi connectivity index (χ1n) is 11.5. The highest BCUT2D eigenvalue weighted by Gasteiger charge is 2.26. The second kappa shape index (κ2) is 10.8. The van der Waals surface area contributed by atoms with Crippen LogP contribution in [0.15, 0.2) is 42.7 Å². The van der Waals surface area contributed by atoms with Gasteiger partial charge in [0.05, 0.1) is 21.4 Å². The van der Waals surface area contributed by atoms with E-state index in [1.807, 2.05) is 0 Å². The molecule has 0 atom stereocenters. The monoisotopic (exact) mass is 605 g/mol. The van der Waals surface area contributed by atoms with Crippen LogP contribution >= 0.6 is 34.5 Å². The minimum Gasteiger partial charge on any atom is -0.468 e. The summed E-state index contributed by atoms with van der Waals surface area (Å²) in [4.78, 5) is 29.7. The summed E-state index contributed by atoms with van der Waals surface area (Å²) in [5, 5.41) is 12.1. The molecule has 0 spiro atoms. The number of alkyl halides is 2. The highest BCUT2D eigenvalue weighted by Crippen LogP contribution is 2.43. The molecule has 4 heterocycles. The van der Waals surface area contributed by atoms with Gasteiger partial charge in [-0.15, -0.1) is 11.3 Å². The molecule has 5 aromatic rings. The van der Waals surface area contributed by atoms with Crippen LogP contribution in [0.25, 0.3) is 21.3 Å². The van der Waals surface area contributed by atoms with Crippen molar-refractivity contribution >= 4 is 62.3 Å². The smallest absolute Gasteiger partial charge is 0.280 e. The predicted molar refractivity (Wildman–Crippen MR) is 147 cm³/mol. The van der Waals surface area contributed by atoms with Gasteiger partial charge in [0.1, 0.15) is 15.4 Å². The van der Waals surface area contributed by atoms with Crippen molar-refractivity contribution in [3.63, 3.8) is 0 Å². The average molecular weight is 606 g/mol. The summed E-state index contributed by atoms with van der Waals surface area (Å²) < 4.78 is 36.0. The van der Waals surface area contributed by atoms with Crippen LogP contribution < -0.4 is 15.8 Å². The fourth-order valence-corrected chi connectivity index (χ4v) is 5.60. The summed E-state index contributed by atoms with van der Waals surface area (Å²) in [5.74, 6) is -1.28. The van der Waals surface area contributed by atoms with E-state index in [0.717, 1.165) is 11.3 Å². The number of aromatic nitrogens is 5. The highest BCUT2D eigenvalue weighted by atomic mass is 35.5. The van der Waals surface area contributed by atoms with E-state index in [-0.39, 0.29) is 39.0 Å². The molecule has 0 unspecified atom stereocenters. The highest BCUT2D eigenvalue weighted by molar-refractivity contribution is 7.21. The molecule has 15 heteroatoms.